The number of para-hydroxylation sites is 1. The van der Waals surface area contributed by atoms with Crippen LogP contribution in [0.3, 0.4) is 0 Å². The lowest BCUT2D eigenvalue weighted by Crippen LogP contribution is -2.04. The minimum Gasteiger partial charge on any atom is -0.461 e. The van der Waals surface area contributed by atoms with Gasteiger partial charge < -0.3 is 4.74 Å². The van der Waals surface area contributed by atoms with E-state index in [2.05, 4.69) is 10.3 Å². The van der Waals surface area contributed by atoms with Gasteiger partial charge in [-0.15, -0.1) is 5.10 Å². The van der Waals surface area contributed by atoms with Crippen LogP contribution in [0.4, 0.5) is 4.39 Å². The molecule has 0 aliphatic heterocycles. The van der Waals surface area contributed by atoms with Gasteiger partial charge in [0.25, 0.3) is 0 Å². The zero-order valence-electron chi connectivity index (χ0n) is 9.13. The molecule has 0 fully saturated rings. The van der Waals surface area contributed by atoms with E-state index in [1.165, 1.54) is 16.9 Å². The van der Waals surface area contributed by atoms with E-state index in [9.17, 15) is 9.18 Å². The number of esters is 1. The fourth-order valence-electron chi connectivity index (χ4n) is 1.32. The Kier molecular flexibility index (Phi) is 3.13. The Hall–Kier alpha value is -2.24. The molecule has 88 valence electrons. The third kappa shape index (κ3) is 2.30. The first-order chi connectivity index (χ1) is 8.22. The van der Waals surface area contributed by atoms with Crippen LogP contribution in [-0.2, 0) is 4.74 Å². The molecule has 0 unspecified atom stereocenters. The second-order valence-corrected chi connectivity index (χ2v) is 3.22. The Morgan fingerprint density at radius 2 is 2.24 bits per heavy atom. The zero-order valence-corrected chi connectivity index (χ0v) is 9.13. The average molecular weight is 235 g/mol. The van der Waals surface area contributed by atoms with Crippen LogP contribution in [-0.4, -0.2) is 27.6 Å². The SMILES string of the molecule is CCOC(=O)c1cn(-c2ccccc2F)nn1. The molecule has 0 radical (unpaired) electrons. The third-order valence-electron chi connectivity index (χ3n) is 2.08. The number of hydrogen-bond acceptors (Lipinski definition) is 4. The number of benzene rings is 1. The Labute approximate surface area is 96.8 Å². The number of rotatable bonds is 3. The van der Waals surface area contributed by atoms with Crippen molar-refractivity contribution in [2.45, 2.75) is 6.92 Å². The van der Waals surface area contributed by atoms with E-state index in [4.69, 9.17) is 4.74 Å². The Morgan fingerprint density at radius 3 is 2.94 bits per heavy atom. The lowest BCUT2D eigenvalue weighted by molar-refractivity contribution is 0.0519. The van der Waals surface area contributed by atoms with Crippen LogP contribution in [0.15, 0.2) is 30.5 Å². The van der Waals surface area contributed by atoms with Crippen molar-refractivity contribution < 1.29 is 13.9 Å². The lowest BCUT2D eigenvalue weighted by atomic mass is 10.3. The summed E-state index contributed by atoms with van der Waals surface area (Å²) in [6.07, 6.45) is 1.33. The molecule has 0 N–H and O–H groups in total. The summed E-state index contributed by atoms with van der Waals surface area (Å²) in [7, 11) is 0. The highest BCUT2D eigenvalue weighted by molar-refractivity contribution is 5.86. The van der Waals surface area contributed by atoms with Gasteiger partial charge in [0, 0.05) is 0 Å². The first-order valence-corrected chi connectivity index (χ1v) is 5.06. The molecule has 0 atom stereocenters. The highest BCUT2D eigenvalue weighted by Crippen LogP contribution is 2.11. The van der Waals surface area contributed by atoms with Gasteiger partial charge in [-0.1, -0.05) is 17.3 Å². The van der Waals surface area contributed by atoms with Crippen LogP contribution in [0.1, 0.15) is 17.4 Å². The maximum Gasteiger partial charge on any atom is 0.360 e. The molecule has 5 nitrogen and oxygen atoms in total. The van der Waals surface area contributed by atoms with Crippen molar-refractivity contribution in [3.63, 3.8) is 0 Å². The van der Waals surface area contributed by atoms with Gasteiger partial charge in [0.15, 0.2) is 5.69 Å². The predicted octanol–water partition coefficient (Wildman–Crippen LogP) is 1.58. The standard InChI is InChI=1S/C11H10FN3O2/c1-2-17-11(16)9-7-15(14-13-9)10-6-4-3-5-8(10)12/h3-7H,2H2,1H3. The largest absolute Gasteiger partial charge is 0.461 e. The van der Waals surface area contributed by atoms with Gasteiger partial charge >= 0.3 is 5.97 Å². The number of aromatic nitrogens is 3. The summed E-state index contributed by atoms with van der Waals surface area (Å²) in [6, 6.07) is 6.09. The van der Waals surface area contributed by atoms with Crippen LogP contribution >= 0.6 is 0 Å². The van der Waals surface area contributed by atoms with E-state index in [-0.39, 0.29) is 18.0 Å². The first kappa shape index (κ1) is 11.3. The molecule has 1 aromatic heterocycles. The van der Waals surface area contributed by atoms with Gasteiger partial charge in [-0.25, -0.2) is 13.9 Å². The van der Waals surface area contributed by atoms with E-state index >= 15 is 0 Å². The summed E-state index contributed by atoms with van der Waals surface area (Å²) >= 11 is 0. The van der Waals surface area contributed by atoms with Crippen LogP contribution < -0.4 is 0 Å². The normalized spacial score (nSPS) is 10.2. The first-order valence-electron chi connectivity index (χ1n) is 5.06. The minimum absolute atomic E-state index is 0.0510. The van der Waals surface area contributed by atoms with Crippen molar-refractivity contribution in [2.75, 3.05) is 6.61 Å². The quantitative estimate of drug-likeness (QED) is 0.758. The van der Waals surface area contributed by atoms with Crippen LogP contribution in [0, 0.1) is 5.82 Å². The number of nitrogens with zero attached hydrogens (tertiary/aromatic N) is 3. The number of halogens is 1. The molecular formula is C11H10FN3O2. The summed E-state index contributed by atoms with van der Waals surface area (Å²) in [5.41, 5.74) is 0.283. The lowest BCUT2D eigenvalue weighted by Gasteiger charge is -2.00. The molecule has 0 aliphatic carbocycles. The summed E-state index contributed by atoms with van der Waals surface area (Å²) in [4.78, 5) is 11.3. The molecule has 2 rings (SSSR count). The molecule has 1 aromatic carbocycles. The Bertz CT molecular complexity index is 539. The molecule has 0 bridgehead atoms. The fraction of sp³-hybridized carbons (Fsp3) is 0.182. The highest BCUT2D eigenvalue weighted by Gasteiger charge is 2.13. The number of carbonyl (C=O) groups is 1. The molecule has 6 heteroatoms. The monoisotopic (exact) mass is 235 g/mol. The van der Waals surface area contributed by atoms with E-state index in [0.717, 1.165) is 0 Å². The summed E-state index contributed by atoms with van der Waals surface area (Å²) < 4.78 is 19.4. The molecule has 0 spiro atoms. The molecular weight excluding hydrogens is 225 g/mol. The number of hydrogen-bond donors (Lipinski definition) is 0. The van der Waals surface area contributed by atoms with Crippen LogP contribution in [0.2, 0.25) is 0 Å². The van der Waals surface area contributed by atoms with E-state index < -0.39 is 11.8 Å². The maximum absolute atomic E-state index is 13.4. The van der Waals surface area contributed by atoms with Crippen molar-refractivity contribution in [2.24, 2.45) is 0 Å². The maximum atomic E-state index is 13.4. The summed E-state index contributed by atoms with van der Waals surface area (Å²) in [5.74, 6) is -1.01. The van der Waals surface area contributed by atoms with Crippen molar-refractivity contribution in [3.8, 4) is 5.69 Å². The third-order valence-corrected chi connectivity index (χ3v) is 2.08. The Balaban J connectivity index is 2.30. The number of ether oxygens (including phenoxy) is 1. The van der Waals surface area contributed by atoms with Crippen molar-refractivity contribution in [1.82, 2.24) is 15.0 Å². The molecule has 0 saturated heterocycles. The van der Waals surface area contributed by atoms with Crippen molar-refractivity contribution >= 4 is 5.97 Å². The average Bonchev–Trinajstić information content (AvgIpc) is 2.79. The van der Waals surface area contributed by atoms with Gasteiger partial charge in [-0.3, -0.25) is 0 Å². The predicted molar refractivity (Wildman–Crippen MR) is 57.3 cm³/mol. The van der Waals surface area contributed by atoms with Gasteiger partial charge in [0.1, 0.15) is 11.5 Å². The molecule has 2 aromatic rings. The molecule has 0 saturated carbocycles. The summed E-state index contributed by atoms with van der Waals surface area (Å²) in [6.45, 7) is 1.95. The van der Waals surface area contributed by atoms with Gasteiger partial charge in [0.05, 0.1) is 12.8 Å². The van der Waals surface area contributed by atoms with E-state index in [0.29, 0.717) is 0 Å². The van der Waals surface area contributed by atoms with Gasteiger partial charge in [0.2, 0.25) is 0 Å². The molecule has 1 heterocycles. The number of carbonyl (C=O) groups excluding carboxylic acids is 1. The highest BCUT2D eigenvalue weighted by atomic mass is 19.1. The van der Waals surface area contributed by atoms with Gasteiger partial charge in [-0.05, 0) is 19.1 Å². The molecule has 17 heavy (non-hydrogen) atoms. The smallest absolute Gasteiger partial charge is 0.360 e. The second kappa shape index (κ2) is 4.73. The zero-order chi connectivity index (χ0) is 12.3. The molecule has 0 amide bonds. The van der Waals surface area contributed by atoms with Crippen LogP contribution in [0.25, 0.3) is 5.69 Å². The minimum atomic E-state index is -0.574. The molecule has 0 aliphatic rings. The van der Waals surface area contributed by atoms with Gasteiger partial charge in [-0.2, -0.15) is 0 Å². The Morgan fingerprint density at radius 1 is 1.47 bits per heavy atom. The second-order valence-electron chi connectivity index (χ2n) is 3.22. The van der Waals surface area contributed by atoms with Crippen molar-refractivity contribution in [1.29, 1.82) is 0 Å². The van der Waals surface area contributed by atoms with E-state index in [1.807, 2.05) is 0 Å². The topological polar surface area (TPSA) is 57.0 Å². The van der Waals surface area contributed by atoms with Crippen LogP contribution in [0.5, 0.6) is 0 Å². The summed E-state index contributed by atoms with van der Waals surface area (Å²) in [5, 5.41) is 7.30. The fourth-order valence-corrected chi connectivity index (χ4v) is 1.32. The van der Waals surface area contributed by atoms with E-state index in [1.54, 1.807) is 25.1 Å². The van der Waals surface area contributed by atoms with Crippen molar-refractivity contribution in [3.05, 3.63) is 42.0 Å².